The molecule has 5 nitrogen and oxygen atoms in total. The van der Waals surface area contributed by atoms with Crippen LogP contribution in [0.15, 0.2) is 0 Å². The lowest BCUT2D eigenvalue weighted by Crippen LogP contribution is -2.51. The maximum atomic E-state index is 12.4. The van der Waals surface area contributed by atoms with E-state index in [1.807, 2.05) is 11.8 Å². The second-order valence-electron chi connectivity index (χ2n) is 6.17. The number of carbonyl (C=O) groups is 2. The number of carbonyl (C=O) groups excluding carboxylic acids is 1. The van der Waals surface area contributed by atoms with Crippen LogP contribution >= 0.6 is 0 Å². The van der Waals surface area contributed by atoms with E-state index in [1.54, 1.807) is 11.8 Å². The molecular formula is C14H26N2O3. The van der Waals surface area contributed by atoms with Crippen LogP contribution in [0.5, 0.6) is 0 Å². The van der Waals surface area contributed by atoms with Crippen molar-refractivity contribution < 1.29 is 14.7 Å². The fraction of sp³-hybridized carbons (Fsp3) is 0.857. The summed E-state index contributed by atoms with van der Waals surface area (Å²) in [6.45, 7) is 10.2. The van der Waals surface area contributed by atoms with E-state index in [0.717, 1.165) is 25.9 Å². The first-order valence-corrected chi connectivity index (χ1v) is 7.04. The van der Waals surface area contributed by atoms with E-state index in [0.29, 0.717) is 12.0 Å². The first-order valence-electron chi connectivity index (χ1n) is 7.04. The molecule has 0 aromatic rings. The maximum Gasteiger partial charge on any atom is 0.320 e. The molecule has 0 aliphatic carbocycles. The van der Waals surface area contributed by atoms with E-state index in [9.17, 15) is 9.59 Å². The van der Waals surface area contributed by atoms with Crippen molar-refractivity contribution in [2.45, 2.75) is 53.0 Å². The summed E-state index contributed by atoms with van der Waals surface area (Å²) < 4.78 is 0. The van der Waals surface area contributed by atoms with Crippen molar-refractivity contribution in [3.05, 3.63) is 0 Å². The summed E-state index contributed by atoms with van der Waals surface area (Å²) in [6, 6.07) is -0.281. The number of carboxylic acids is 1. The lowest BCUT2D eigenvalue weighted by Gasteiger charge is -2.40. The molecule has 0 spiro atoms. The highest BCUT2D eigenvalue weighted by Gasteiger charge is 2.31. The van der Waals surface area contributed by atoms with Gasteiger partial charge < -0.3 is 14.9 Å². The van der Waals surface area contributed by atoms with E-state index in [-0.39, 0.29) is 18.5 Å². The summed E-state index contributed by atoms with van der Waals surface area (Å²) in [7, 11) is 0. The highest BCUT2D eigenvalue weighted by atomic mass is 16.4. The molecule has 1 aliphatic rings. The topological polar surface area (TPSA) is 60.9 Å². The van der Waals surface area contributed by atoms with Gasteiger partial charge in [0.25, 0.3) is 0 Å². The first-order chi connectivity index (χ1) is 8.76. The lowest BCUT2D eigenvalue weighted by molar-refractivity contribution is -0.138. The van der Waals surface area contributed by atoms with Gasteiger partial charge in [0.1, 0.15) is 0 Å². The van der Waals surface area contributed by atoms with Crippen molar-refractivity contribution in [1.82, 2.24) is 9.80 Å². The van der Waals surface area contributed by atoms with Crippen molar-refractivity contribution in [3.8, 4) is 0 Å². The summed E-state index contributed by atoms with van der Waals surface area (Å²) in [6.07, 6.45) is 2.01. The third kappa shape index (κ3) is 4.40. The van der Waals surface area contributed by atoms with E-state index < -0.39 is 5.97 Å². The molecule has 1 N–H and O–H groups in total. The summed E-state index contributed by atoms with van der Waals surface area (Å²) >= 11 is 0. The number of aliphatic carboxylic acids is 1. The minimum Gasteiger partial charge on any atom is -0.481 e. The van der Waals surface area contributed by atoms with Gasteiger partial charge in [-0.25, -0.2) is 4.79 Å². The number of piperidine rings is 1. The molecular weight excluding hydrogens is 244 g/mol. The Morgan fingerprint density at radius 2 is 1.84 bits per heavy atom. The van der Waals surface area contributed by atoms with Crippen LogP contribution in [0.25, 0.3) is 0 Å². The number of hydrogen-bond donors (Lipinski definition) is 1. The monoisotopic (exact) mass is 270 g/mol. The molecule has 2 amide bonds. The minimum atomic E-state index is -0.862. The van der Waals surface area contributed by atoms with Gasteiger partial charge in [0, 0.05) is 25.7 Å². The Morgan fingerprint density at radius 1 is 1.32 bits per heavy atom. The molecule has 0 aromatic heterocycles. The Labute approximate surface area is 115 Å². The normalized spacial score (nSPS) is 19.9. The van der Waals surface area contributed by atoms with Gasteiger partial charge in [0.15, 0.2) is 0 Å². The maximum absolute atomic E-state index is 12.4. The average Bonchev–Trinajstić information content (AvgIpc) is 2.28. The molecule has 1 heterocycles. The SMILES string of the molecule is CCN(C(=O)N1CCC(C)(C)CC1)C(C)CC(=O)O. The van der Waals surface area contributed by atoms with Gasteiger partial charge in [-0.15, -0.1) is 0 Å². The Balaban J connectivity index is 2.61. The zero-order chi connectivity index (χ0) is 14.6. The average molecular weight is 270 g/mol. The van der Waals surface area contributed by atoms with E-state index >= 15 is 0 Å². The van der Waals surface area contributed by atoms with Gasteiger partial charge in [-0.3, -0.25) is 4.79 Å². The van der Waals surface area contributed by atoms with Crippen LogP contribution in [0.4, 0.5) is 4.79 Å². The highest BCUT2D eigenvalue weighted by Crippen LogP contribution is 2.30. The van der Waals surface area contributed by atoms with Crippen LogP contribution in [-0.2, 0) is 4.79 Å². The molecule has 1 saturated heterocycles. The molecule has 110 valence electrons. The molecule has 5 heteroatoms. The Kier molecular flexibility index (Phi) is 5.20. The molecule has 0 aromatic carbocycles. The first kappa shape index (κ1) is 15.8. The van der Waals surface area contributed by atoms with Crippen molar-refractivity contribution in [1.29, 1.82) is 0 Å². The molecule has 1 fully saturated rings. The molecule has 19 heavy (non-hydrogen) atoms. The molecule has 1 aliphatic heterocycles. The fourth-order valence-electron chi connectivity index (χ4n) is 2.48. The largest absolute Gasteiger partial charge is 0.481 e. The minimum absolute atomic E-state index is 0.00108. The van der Waals surface area contributed by atoms with Gasteiger partial charge in [-0.2, -0.15) is 0 Å². The highest BCUT2D eigenvalue weighted by molar-refractivity contribution is 5.76. The number of nitrogens with zero attached hydrogens (tertiary/aromatic N) is 2. The second-order valence-corrected chi connectivity index (χ2v) is 6.17. The smallest absolute Gasteiger partial charge is 0.320 e. The molecule has 0 bridgehead atoms. The predicted octanol–water partition coefficient (Wildman–Crippen LogP) is 2.41. The predicted molar refractivity (Wildman–Crippen MR) is 74.1 cm³/mol. The third-order valence-corrected chi connectivity index (χ3v) is 3.98. The Hall–Kier alpha value is -1.26. The zero-order valence-corrected chi connectivity index (χ0v) is 12.5. The summed E-state index contributed by atoms with van der Waals surface area (Å²) in [5, 5.41) is 8.84. The Bertz CT molecular complexity index is 332. The molecule has 0 radical (unpaired) electrons. The van der Waals surface area contributed by atoms with Gasteiger partial charge in [-0.05, 0) is 32.1 Å². The number of carboxylic acid groups (broad SMARTS) is 1. The lowest BCUT2D eigenvalue weighted by atomic mass is 9.83. The number of hydrogen-bond acceptors (Lipinski definition) is 2. The zero-order valence-electron chi connectivity index (χ0n) is 12.5. The third-order valence-electron chi connectivity index (χ3n) is 3.98. The van der Waals surface area contributed by atoms with Crippen LogP contribution in [-0.4, -0.2) is 52.6 Å². The van der Waals surface area contributed by atoms with Gasteiger partial charge in [0.2, 0.25) is 0 Å². The fourth-order valence-corrected chi connectivity index (χ4v) is 2.48. The summed E-state index contributed by atoms with van der Waals surface area (Å²) in [5.74, 6) is -0.862. The number of likely N-dealkylation sites (tertiary alicyclic amines) is 1. The van der Waals surface area contributed by atoms with Crippen molar-refractivity contribution in [3.63, 3.8) is 0 Å². The van der Waals surface area contributed by atoms with Crippen molar-refractivity contribution >= 4 is 12.0 Å². The van der Waals surface area contributed by atoms with Crippen LogP contribution in [0, 0.1) is 5.41 Å². The molecule has 1 unspecified atom stereocenters. The van der Waals surface area contributed by atoms with Gasteiger partial charge in [-0.1, -0.05) is 13.8 Å². The molecule has 0 saturated carbocycles. The second kappa shape index (κ2) is 6.26. The molecule has 1 atom stereocenters. The van der Waals surface area contributed by atoms with Crippen LogP contribution < -0.4 is 0 Å². The van der Waals surface area contributed by atoms with E-state index in [2.05, 4.69) is 13.8 Å². The van der Waals surface area contributed by atoms with Gasteiger partial charge in [0.05, 0.1) is 6.42 Å². The van der Waals surface area contributed by atoms with E-state index in [4.69, 9.17) is 5.11 Å². The summed E-state index contributed by atoms with van der Waals surface area (Å²) in [5.41, 5.74) is 0.306. The van der Waals surface area contributed by atoms with Crippen molar-refractivity contribution in [2.75, 3.05) is 19.6 Å². The number of amides is 2. The number of rotatable bonds is 4. The molecule has 1 rings (SSSR count). The number of urea groups is 1. The van der Waals surface area contributed by atoms with Crippen LogP contribution in [0.1, 0.15) is 47.0 Å². The standard InChI is InChI=1S/C14H26N2O3/c1-5-16(11(2)10-12(17)18)13(19)15-8-6-14(3,4)7-9-15/h11H,5-10H2,1-4H3,(H,17,18). The van der Waals surface area contributed by atoms with Gasteiger partial charge >= 0.3 is 12.0 Å². The van der Waals surface area contributed by atoms with Crippen molar-refractivity contribution in [2.24, 2.45) is 5.41 Å². The summed E-state index contributed by atoms with van der Waals surface area (Å²) in [4.78, 5) is 26.7. The van der Waals surface area contributed by atoms with E-state index in [1.165, 1.54) is 0 Å². The Morgan fingerprint density at radius 3 is 2.26 bits per heavy atom. The van der Waals surface area contributed by atoms with Crippen LogP contribution in [0.3, 0.4) is 0 Å². The van der Waals surface area contributed by atoms with Crippen LogP contribution in [0.2, 0.25) is 0 Å². The quantitative estimate of drug-likeness (QED) is 0.853.